The van der Waals surface area contributed by atoms with Gasteiger partial charge in [-0.15, -0.1) is 0 Å². The number of rotatable bonds is 6. The fourth-order valence-corrected chi connectivity index (χ4v) is 3.09. The van der Waals surface area contributed by atoms with E-state index in [0.717, 1.165) is 11.1 Å². The van der Waals surface area contributed by atoms with Crippen molar-refractivity contribution in [2.75, 3.05) is 7.11 Å². The minimum absolute atomic E-state index is 0.254. The van der Waals surface area contributed by atoms with Crippen LogP contribution >= 0.6 is 11.6 Å². The molecule has 0 N–H and O–H groups in total. The molecular weight excluding hydrogens is 390 g/mol. The summed E-state index contributed by atoms with van der Waals surface area (Å²) in [4.78, 5) is 17.0. The quantitative estimate of drug-likeness (QED) is 0.364. The van der Waals surface area contributed by atoms with Gasteiger partial charge in [-0.2, -0.15) is 5.10 Å². The molecule has 0 aliphatic carbocycles. The molecule has 0 spiro atoms. The summed E-state index contributed by atoms with van der Waals surface area (Å²) in [5.41, 5.74) is 3.64. The first-order valence-electron chi connectivity index (χ1n) is 9.28. The lowest BCUT2D eigenvalue weighted by Gasteiger charge is -2.27. The van der Waals surface area contributed by atoms with Crippen LogP contribution < -0.4 is 0 Å². The van der Waals surface area contributed by atoms with Gasteiger partial charge in [0.25, 0.3) is 0 Å². The number of nitrogens with zero attached hydrogens (tertiary/aromatic N) is 3. The van der Waals surface area contributed by atoms with Crippen molar-refractivity contribution in [3.8, 4) is 0 Å². The molecule has 156 valence electrons. The molecule has 2 aromatic heterocycles. The van der Waals surface area contributed by atoms with Crippen LogP contribution in [0.25, 0.3) is 11.2 Å². The van der Waals surface area contributed by atoms with Crippen molar-refractivity contribution in [3.05, 3.63) is 58.6 Å². The molecule has 0 amide bonds. The summed E-state index contributed by atoms with van der Waals surface area (Å²) in [5, 5.41) is 4.83. The smallest absolute Gasteiger partial charge is 0.339 e. The van der Waals surface area contributed by atoms with E-state index in [1.54, 1.807) is 13.0 Å². The third-order valence-corrected chi connectivity index (χ3v) is 4.40. The Morgan fingerprint density at radius 3 is 2.48 bits per heavy atom. The van der Waals surface area contributed by atoms with E-state index in [-0.39, 0.29) is 5.15 Å². The maximum absolute atomic E-state index is 12.4. The number of halogens is 1. The Morgan fingerprint density at radius 1 is 1.31 bits per heavy atom. The molecule has 0 aliphatic rings. The minimum atomic E-state index is -1.02. The number of carbonyl (C=O) groups excluding carboxylic acids is 1. The van der Waals surface area contributed by atoms with Gasteiger partial charge in [0, 0.05) is 17.3 Å². The Morgan fingerprint density at radius 2 is 1.97 bits per heavy atom. The number of aromatic nitrogens is 3. The van der Waals surface area contributed by atoms with Crippen LogP contribution in [-0.4, -0.2) is 33.3 Å². The highest BCUT2D eigenvalue weighted by Gasteiger charge is 2.33. The van der Waals surface area contributed by atoms with Crippen LogP contribution in [0.1, 0.15) is 57.7 Å². The van der Waals surface area contributed by atoms with E-state index >= 15 is 0 Å². The highest BCUT2D eigenvalue weighted by Crippen LogP contribution is 2.33. The largest absolute Gasteiger partial charge is 0.467 e. The van der Waals surface area contributed by atoms with Crippen LogP contribution in [0.3, 0.4) is 0 Å². The third-order valence-electron chi connectivity index (χ3n) is 4.03. The molecule has 2 aromatic rings. The molecule has 2 heterocycles. The molecule has 6 nitrogen and oxygen atoms in total. The molecule has 0 bridgehead atoms. The molecule has 29 heavy (non-hydrogen) atoms. The molecule has 0 radical (unpaired) electrons. The van der Waals surface area contributed by atoms with Crippen molar-refractivity contribution < 1.29 is 14.3 Å². The lowest BCUT2D eigenvalue weighted by Crippen LogP contribution is -2.29. The van der Waals surface area contributed by atoms with E-state index in [2.05, 4.69) is 16.7 Å². The Hall–Kier alpha value is -2.44. The molecule has 1 unspecified atom stereocenters. The first-order valence-corrected chi connectivity index (χ1v) is 9.65. The van der Waals surface area contributed by atoms with Gasteiger partial charge in [-0.1, -0.05) is 42.0 Å². The molecule has 0 saturated carbocycles. The van der Waals surface area contributed by atoms with Crippen LogP contribution in [-0.2, 0) is 14.3 Å². The number of allylic oxidation sites excluding steroid dienone is 5. The third kappa shape index (κ3) is 5.34. The van der Waals surface area contributed by atoms with Gasteiger partial charge in [-0.05, 0) is 41.5 Å². The maximum Gasteiger partial charge on any atom is 0.339 e. The number of carbonyl (C=O) groups is 1. The molecule has 0 aliphatic heterocycles. The zero-order valence-corrected chi connectivity index (χ0v) is 18.8. The maximum atomic E-state index is 12.4. The van der Waals surface area contributed by atoms with Gasteiger partial charge < -0.3 is 9.47 Å². The minimum Gasteiger partial charge on any atom is -0.467 e. The van der Waals surface area contributed by atoms with Gasteiger partial charge in [-0.3, -0.25) is 0 Å². The average Bonchev–Trinajstić information content (AvgIpc) is 3.03. The van der Waals surface area contributed by atoms with Crippen molar-refractivity contribution in [1.82, 2.24) is 14.6 Å². The fourth-order valence-electron chi connectivity index (χ4n) is 2.73. The monoisotopic (exact) mass is 417 g/mol. The highest BCUT2D eigenvalue weighted by molar-refractivity contribution is 6.30. The number of aryl methyl sites for hydroxylation is 1. The normalized spacial score (nSPS) is 13.3. The van der Waals surface area contributed by atoms with Crippen molar-refractivity contribution in [3.63, 3.8) is 0 Å². The summed E-state index contributed by atoms with van der Waals surface area (Å²) in [5.74, 6) is -0.548. The van der Waals surface area contributed by atoms with Crippen molar-refractivity contribution in [2.45, 2.75) is 53.2 Å². The molecular formula is C22H28ClN3O3. The van der Waals surface area contributed by atoms with Gasteiger partial charge in [0.2, 0.25) is 0 Å². The number of fused-ring (bicyclic) bond motifs is 1. The first-order chi connectivity index (χ1) is 13.5. The van der Waals surface area contributed by atoms with Crippen molar-refractivity contribution in [1.29, 1.82) is 0 Å². The van der Waals surface area contributed by atoms with E-state index in [1.807, 2.05) is 52.8 Å². The van der Waals surface area contributed by atoms with Crippen LogP contribution in [0.5, 0.6) is 0 Å². The second-order valence-corrected chi connectivity index (χ2v) is 8.26. The lowest BCUT2D eigenvalue weighted by molar-refractivity contribution is -0.164. The summed E-state index contributed by atoms with van der Waals surface area (Å²) < 4.78 is 12.4. The first kappa shape index (κ1) is 22.8. The second-order valence-electron chi connectivity index (χ2n) is 7.90. The Balaban J connectivity index is 2.67. The van der Waals surface area contributed by atoms with Gasteiger partial charge in [0.1, 0.15) is 5.15 Å². The van der Waals surface area contributed by atoms with Crippen LogP contribution in [0.2, 0.25) is 5.15 Å². The Labute approximate surface area is 176 Å². The lowest BCUT2D eigenvalue weighted by atomic mass is 10.1. The number of hydrogen-bond donors (Lipinski definition) is 0. The fraction of sp³-hybridized carbons (Fsp3) is 0.409. The van der Waals surface area contributed by atoms with E-state index in [1.165, 1.54) is 11.6 Å². The van der Waals surface area contributed by atoms with Crippen LogP contribution in [0.15, 0.2) is 36.4 Å². The van der Waals surface area contributed by atoms with E-state index < -0.39 is 17.7 Å². The summed E-state index contributed by atoms with van der Waals surface area (Å²) in [6, 6.07) is 1.83. The van der Waals surface area contributed by atoms with Crippen molar-refractivity contribution in [2.24, 2.45) is 0 Å². The van der Waals surface area contributed by atoms with Crippen LogP contribution in [0.4, 0.5) is 0 Å². The zero-order chi connectivity index (χ0) is 21.9. The molecule has 0 fully saturated rings. The Kier molecular flexibility index (Phi) is 7.03. The topological polar surface area (TPSA) is 65.7 Å². The standard InChI is InChI=1S/C22H28ClN3O3/c1-9-15(11-10-13(2)3)16-12-17-24-14(4)18(20(23)26(17)25-16)19(21(27)28-8)29-22(5,6)7/h9-12,19H,1H2,2-8H3. The molecule has 2 rings (SSSR count). The summed E-state index contributed by atoms with van der Waals surface area (Å²) in [6.07, 6.45) is 4.63. The number of esters is 1. The molecule has 7 heteroatoms. The number of methoxy groups -OCH3 is 1. The highest BCUT2D eigenvalue weighted by atomic mass is 35.5. The molecule has 1 atom stereocenters. The zero-order valence-electron chi connectivity index (χ0n) is 18.0. The molecule has 0 aromatic carbocycles. The average molecular weight is 418 g/mol. The summed E-state index contributed by atoms with van der Waals surface area (Å²) >= 11 is 6.68. The van der Waals surface area contributed by atoms with Gasteiger partial charge in [0.05, 0.1) is 24.0 Å². The molecule has 0 saturated heterocycles. The SMILES string of the molecule is C=CC(=CC=C(C)C)c1cc2nc(C)c(C(OC(C)(C)C)C(=O)OC)c(Cl)n2n1. The number of ether oxygens (including phenoxy) is 2. The summed E-state index contributed by atoms with van der Waals surface area (Å²) in [6.45, 7) is 15.2. The second kappa shape index (κ2) is 8.93. The Bertz CT molecular complexity index is 993. The predicted octanol–water partition coefficient (Wildman–Crippen LogP) is 5.26. The predicted molar refractivity (Wildman–Crippen MR) is 116 cm³/mol. The van der Waals surface area contributed by atoms with Crippen molar-refractivity contribution >= 4 is 28.8 Å². The van der Waals surface area contributed by atoms with Gasteiger partial charge in [-0.25, -0.2) is 14.3 Å². The van der Waals surface area contributed by atoms with Gasteiger partial charge >= 0.3 is 5.97 Å². The van der Waals surface area contributed by atoms with E-state index in [0.29, 0.717) is 22.6 Å². The number of hydrogen-bond acceptors (Lipinski definition) is 5. The van der Waals surface area contributed by atoms with Gasteiger partial charge in [0.15, 0.2) is 11.8 Å². The van der Waals surface area contributed by atoms with Crippen LogP contribution in [0, 0.1) is 6.92 Å². The van der Waals surface area contributed by atoms with E-state index in [4.69, 9.17) is 21.1 Å². The van der Waals surface area contributed by atoms with E-state index in [9.17, 15) is 4.79 Å². The summed E-state index contributed by atoms with van der Waals surface area (Å²) in [7, 11) is 1.31.